The Bertz CT molecular complexity index is 1250. The van der Waals surface area contributed by atoms with Crippen molar-refractivity contribution in [2.45, 2.75) is 61.7 Å². The molecule has 0 unspecified atom stereocenters. The summed E-state index contributed by atoms with van der Waals surface area (Å²) in [7, 11) is 1.96. The van der Waals surface area contributed by atoms with E-state index in [1.54, 1.807) is 0 Å². The number of nitrogens with zero attached hydrogens (tertiary/aromatic N) is 1. The predicted molar refractivity (Wildman–Crippen MR) is 132 cm³/mol. The van der Waals surface area contributed by atoms with Crippen LogP contribution in [0.15, 0.2) is 66.4 Å². The fourth-order valence-electron chi connectivity index (χ4n) is 7.16. The van der Waals surface area contributed by atoms with E-state index in [-0.39, 0.29) is 17.8 Å². The van der Waals surface area contributed by atoms with Crippen molar-refractivity contribution in [3.63, 3.8) is 0 Å². The Morgan fingerprint density at radius 1 is 1.00 bits per heavy atom. The average Bonchev–Trinajstić information content (AvgIpc) is 3.59. The van der Waals surface area contributed by atoms with Crippen molar-refractivity contribution in [1.29, 1.82) is 0 Å². The van der Waals surface area contributed by atoms with Gasteiger partial charge in [0.25, 0.3) is 0 Å². The molecular weight excluding hydrogens is 456 g/mol. The fraction of sp³-hybridized carbons (Fsp3) is 0.448. The highest BCUT2D eigenvalue weighted by Gasteiger charge is 2.67. The molecule has 4 aliphatic heterocycles. The number of Topliss-reactive ketones (excluding diaryl/α,β-unsaturated/α-hetero) is 1. The van der Waals surface area contributed by atoms with Crippen LogP contribution in [0.4, 0.5) is 5.69 Å². The second-order valence-corrected chi connectivity index (χ2v) is 10.7. The van der Waals surface area contributed by atoms with Gasteiger partial charge in [-0.15, -0.1) is 0 Å². The Morgan fingerprint density at radius 3 is 2.53 bits per heavy atom. The number of likely N-dealkylation sites (N-methyl/N-ethyl adjacent to an activating group) is 1. The number of fused-ring (bicyclic) bond motifs is 3. The second kappa shape index (κ2) is 8.00. The lowest BCUT2D eigenvalue weighted by Gasteiger charge is -2.36. The number of nitrogens with one attached hydrogen (secondary N) is 1. The van der Waals surface area contributed by atoms with Gasteiger partial charge in [-0.3, -0.25) is 14.5 Å². The summed E-state index contributed by atoms with van der Waals surface area (Å²) in [6, 6.07) is 16.5. The van der Waals surface area contributed by atoms with Crippen LogP contribution in [0.5, 0.6) is 0 Å². The molecule has 1 N–H and O–H groups in total. The highest BCUT2D eigenvalue weighted by molar-refractivity contribution is 6.13. The Kier molecular flexibility index (Phi) is 4.94. The van der Waals surface area contributed by atoms with Crippen molar-refractivity contribution in [3.05, 3.63) is 77.6 Å². The molecule has 5 aliphatic rings. The molecule has 1 saturated carbocycles. The van der Waals surface area contributed by atoms with Gasteiger partial charge in [0, 0.05) is 30.6 Å². The number of hydrogen-bond donors (Lipinski definition) is 1. The van der Waals surface area contributed by atoms with E-state index >= 15 is 0 Å². The summed E-state index contributed by atoms with van der Waals surface area (Å²) in [5.74, 6) is -0.690. The van der Waals surface area contributed by atoms with Crippen LogP contribution in [0.2, 0.25) is 0 Å². The van der Waals surface area contributed by atoms with Crippen LogP contribution in [0.25, 0.3) is 0 Å². The van der Waals surface area contributed by atoms with E-state index in [0.29, 0.717) is 17.9 Å². The number of carbonyl (C=O) groups is 2. The molecule has 2 spiro atoms. The van der Waals surface area contributed by atoms with Crippen LogP contribution in [-0.4, -0.2) is 54.4 Å². The van der Waals surface area contributed by atoms with E-state index in [0.717, 1.165) is 36.9 Å². The number of ether oxygens (including phenoxy) is 3. The van der Waals surface area contributed by atoms with Gasteiger partial charge in [0.1, 0.15) is 17.3 Å². The van der Waals surface area contributed by atoms with E-state index in [1.807, 2.05) is 67.7 Å². The lowest BCUT2D eigenvalue weighted by molar-refractivity contribution is -0.220. The molecular formula is C29H30N2O5. The minimum atomic E-state index is -1.12. The average molecular weight is 487 g/mol. The lowest BCUT2D eigenvalue weighted by atomic mass is 9.66. The van der Waals surface area contributed by atoms with E-state index in [4.69, 9.17) is 14.2 Å². The van der Waals surface area contributed by atoms with Crippen molar-refractivity contribution >= 4 is 17.4 Å². The number of rotatable bonds is 3. The summed E-state index contributed by atoms with van der Waals surface area (Å²) < 4.78 is 19.2. The third-order valence-electron chi connectivity index (χ3n) is 8.68. The van der Waals surface area contributed by atoms with E-state index in [9.17, 15) is 9.59 Å². The van der Waals surface area contributed by atoms with Crippen LogP contribution in [-0.2, 0) is 24.4 Å². The smallest absolute Gasteiger partial charge is 0.238 e. The minimum Gasteiger partial charge on any atom is -0.464 e. The molecule has 0 bridgehead atoms. The number of para-hydroxylation sites is 1. The van der Waals surface area contributed by atoms with E-state index in [2.05, 4.69) is 10.2 Å². The molecule has 36 heavy (non-hydrogen) atoms. The minimum absolute atomic E-state index is 0.0377. The molecule has 4 heterocycles. The first kappa shape index (κ1) is 22.2. The summed E-state index contributed by atoms with van der Waals surface area (Å²) in [6.07, 6.45) is 6.29. The largest absolute Gasteiger partial charge is 0.464 e. The van der Waals surface area contributed by atoms with Crippen molar-refractivity contribution in [1.82, 2.24) is 4.90 Å². The first-order valence-electron chi connectivity index (χ1n) is 13.0. The zero-order valence-corrected chi connectivity index (χ0v) is 20.3. The molecule has 0 aromatic heterocycles. The quantitative estimate of drug-likeness (QED) is 0.661. The van der Waals surface area contributed by atoms with Gasteiger partial charge in [-0.25, -0.2) is 0 Å². The number of ketones is 1. The highest BCUT2D eigenvalue weighted by atomic mass is 16.8. The van der Waals surface area contributed by atoms with Crippen molar-refractivity contribution < 1.29 is 23.8 Å². The van der Waals surface area contributed by atoms with Crippen molar-refractivity contribution in [3.8, 4) is 0 Å². The van der Waals surface area contributed by atoms with Crippen LogP contribution in [0, 0.1) is 5.92 Å². The monoisotopic (exact) mass is 486 g/mol. The number of hydrogen-bond acceptors (Lipinski definition) is 6. The zero-order chi connectivity index (χ0) is 24.5. The summed E-state index contributed by atoms with van der Waals surface area (Å²) in [6.45, 7) is 0.432. The zero-order valence-electron chi connectivity index (χ0n) is 20.3. The maximum Gasteiger partial charge on any atom is 0.238 e. The SMILES string of the molecule is CN1C[C@H](C(=O)c2ccccc2)[C@@]2(C(=O)Nc3ccccc32)[C@H]1C1=C[C@@H]2OC3(CCCCC3)O[C@@H]2O1. The first-order valence-corrected chi connectivity index (χ1v) is 13.0. The van der Waals surface area contributed by atoms with Crippen LogP contribution in [0.1, 0.15) is 48.0 Å². The Balaban J connectivity index is 1.31. The van der Waals surface area contributed by atoms with Crippen LogP contribution >= 0.6 is 0 Å². The van der Waals surface area contributed by atoms with Crippen molar-refractivity contribution in [2.24, 2.45) is 5.92 Å². The summed E-state index contributed by atoms with van der Waals surface area (Å²) in [5.41, 5.74) is 1.08. The van der Waals surface area contributed by atoms with Gasteiger partial charge in [-0.05, 0) is 37.6 Å². The number of likely N-dealkylation sites (tertiary alicyclic amines) is 1. The van der Waals surface area contributed by atoms with Crippen molar-refractivity contribution in [2.75, 3.05) is 18.9 Å². The summed E-state index contributed by atoms with van der Waals surface area (Å²) >= 11 is 0. The topological polar surface area (TPSA) is 77.1 Å². The number of amides is 1. The molecule has 7 heteroatoms. The molecule has 1 aliphatic carbocycles. The Labute approximate surface area is 210 Å². The summed E-state index contributed by atoms with van der Waals surface area (Å²) in [5, 5.41) is 3.07. The molecule has 186 valence electrons. The van der Waals surface area contributed by atoms with Gasteiger partial charge >= 0.3 is 0 Å². The number of benzene rings is 2. The Morgan fingerprint density at radius 2 is 1.75 bits per heavy atom. The molecule has 2 saturated heterocycles. The van der Waals surface area contributed by atoms with Gasteiger partial charge in [-0.1, -0.05) is 55.0 Å². The van der Waals surface area contributed by atoms with Crippen LogP contribution in [0.3, 0.4) is 0 Å². The van der Waals surface area contributed by atoms with Crippen LogP contribution < -0.4 is 5.32 Å². The molecule has 7 nitrogen and oxygen atoms in total. The maximum atomic E-state index is 14.0. The predicted octanol–water partition coefficient (Wildman–Crippen LogP) is 4.01. The van der Waals surface area contributed by atoms with Gasteiger partial charge in [0.2, 0.25) is 12.2 Å². The number of carbonyl (C=O) groups excluding carboxylic acids is 2. The highest BCUT2D eigenvalue weighted by Crippen LogP contribution is 2.55. The lowest BCUT2D eigenvalue weighted by Crippen LogP contribution is -2.52. The molecule has 7 rings (SSSR count). The summed E-state index contributed by atoms with van der Waals surface area (Å²) in [4.78, 5) is 30.0. The molecule has 2 aromatic carbocycles. The third kappa shape index (κ3) is 3.03. The molecule has 3 fully saturated rings. The third-order valence-corrected chi connectivity index (χ3v) is 8.68. The second-order valence-electron chi connectivity index (χ2n) is 10.7. The van der Waals surface area contributed by atoms with Gasteiger partial charge in [-0.2, -0.15) is 0 Å². The molecule has 0 radical (unpaired) electrons. The van der Waals surface area contributed by atoms with Gasteiger partial charge in [0.15, 0.2) is 11.6 Å². The normalized spacial score (nSPS) is 34.4. The van der Waals surface area contributed by atoms with E-state index < -0.39 is 29.5 Å². The molecule has 5 atom stereocenters. The standard InChI is InChI=1S/C29H30N2O5/c1-31-17-20(24(32)18-10-4-2-5-11-18)29(19-12-6-7-13-21(19)30-27(29)33)25(31)22-16-23-26(34-22)36-28(35-23)14-8-3-9-15-28/h2,4-7,10-13,16,20,23,25-26H,3,8-9,14-15,17H2,1H3,(H,30,33)/t20-,23+,25-,26+,29-/m1/s1. The van der Waals surface area contributed by atoms with Gasteiger partial charge in [0.05, 0.1) is 12.0 Å². The number of anilines is 1. The van der Waals surface area contributed by atoms with E-state index in [1.165, 1.54) is 6.42 Å². The molecule has 1 amide bonds. The first-order chi connectivity index (χ1) is 17.5. The Hall–Kier alpha value is -3.00. The fourth-order valence-corrected chi connectivity index (χ4v) is 7.16. The van der Waals surface area contributed by atoms with Gasteiger partial charge < -0.3 is 19.5 Å². The maximum absolute atomic E-state index is 14.0. The molecule has 2 aromatic rings.